The van der Waals surface area contributed by atoms with E-state index >= 15 is 4.39 Å². The van der Waals surface area contributed by atoms with Gasteiger partial charge in [-0.25, -0.2) is 31.6 Å². The average molecular weight is 1620 g/mol. The van der Waals surface area contributed by atoms with Crippen LogP contribution in [0.1, 0.15) is 115 Å². The van der Waals surface area contributed by atoms with Gasteiger partial charge in [-0.2, -0.15) is 0 Å². The molecule has 0 aliphatic carbocycles. The number of nitrogens with one attached hydrogen (secondary N) is 11. The van der Waals surface area contributed by atoms with E-state index in [1.807, 2.05) is 62.6 Å². The normalized spacial score (nSPS) is 14.5. The minimum Gasteiger partial charge on any atom is -0.481 e. The molecule has 33 nitrogen and oxygen atoms in total. The summed E-state index contributed by atoms with van der Waals surface area (Å²) in [6.45, 7) is 11.2. The average Bonchev–Trinajstić information content (AvgIpc) is 1.64. The SMILES string of the molecule is CCCNC(=O)Nc1cccc(S(=O)(=O)Nc2cccc([C@@H](CC(=O)O)NC(=O)Nc3ccc(NC(=O)NCCOCCOCCOCCC(=O)N[C@@H](CC(N)=O)C(O)N4CCC[C@H]4C(=O)N[C@H](C(=O)N[C@@H](CCN(C(=O)CO)[C@@H](c4cc(-c5cc(F)ccc5F)cn4Cc4ccccc4)C(C)(C)C)C(=O)NC)C(C)C)cc3)c2)c1. The van der Waals surface area contributed by atoms with Gasteiger partial charge in [0.1, 0.15) is 36.6 Å². The van der Waals surface area contributed by atoms with Crippen LogP contribution in [0.2, 0.25) is 0 Å². The highest BCUT2D eigenvalue weighted by Gasteiger charge is 2.42. The minimum absolute atomic E-state index is 0.0168. The van der Waals surface area contributed by atoms with Crippen molar-refractivity contribution in [1.82, 2.24) is 51.6 Å². The van der Waals surface area contributed by atoms with Gasteiger partial charge in [0.25, 0.3) is 10.0 Å². The Bertz CT molecular complexity index is 4400. The van der Waals surface area contributed by atoms with Crippen molar-refractivity contribution in [2.45, 2.75) is 140 Å². The lowest BCUT2D eigenvalue weighted by Crippen LogP contribution is -2.60. The number of primary amides is 1. The fourth-order valence-electron chi connectivity index (χ4n) is 12.9. The number of aromatic nitrogens is 1. The van der Waals surface area contributed by atoms with Crippen molar-refractivity contribution < 1.29 is 94.7 Å². The second-order valence-electron chi connectivity index (χ2n) is 28.7. The van der Waals surface area contributed by atoms with Crippen molar-refractivity contribution in [2.75, 3.05) is 100 Å². The predicted molar refractivity (Wildman–Crippen MR) is 424 cm³/mol. The molecule has 2 heterocycles. The monoisotopic (exact) mass is 1620 g/mol. The number of aliphatic hydroxyl groups is 2. The second kappa shape index (κ2) is 44.5. The molecule has 0 radical (unpaired) electrons. The summed E-state index contributed by atoms with van der Waals surface area (Å²) in [5.74, 6) is -7.42. The summed E-state index contributed by atoms with van der Waals surface area (Å²) >= 11 is 0. The fourth-order valence-corrected chi connectivity index (χ4v) is 14.0. The first-order valence-electron chi connectivity index (χ1n) is 37.7. The number of aliphatic carboxylic acids is 1. The molecule has 1 aromatic heterocycles. The van der Waals surface area contributed by atoms with E-state index in [0.717, 1.165) is 23.8 Å². The van der Waals surface area contributed by atoms with Gasteiger partial charge in [0.15, 0.2) is 0 Å². The zero-order valence-corrected chi connectivity index (χ0v) is 66.1. The number of benzene rings is 5. The molecule has 7 rings (SSSR count). The largest absolute Gasteiger partial charge is 0.481 e. The van der Waals surface area contributed by atoms with E-state index in [-0.39, 0.29) is 118 Å². The quantitative estimate of drug-likeness (QED) is 0.0189. The number of halogens is 2. The molecule has 1 aliphatic heterocycles. The summed E-state index contributed by atoms with van der Waals surface area (Å²) in [5.41, 5.74) is 7.69. The van der Waals surface area contributed by atoms with Crippen molar-refractivity contribution in [2.24, 2.45) is 17.1 Å². The van der Waals surface area contributed by atoms with Crippen molar-refractivity contribution in [3.8, 4) is 11.1 Å². The molecular weight excluding hydrogens is 1520 g/mol. The highest BCUT2D eigenvalue weighted by molar-refractivity contribution is 7.92. The predicted octanol–water partition coefficient (Wildman–Crippen LogP) is 6.23. The number of hydrogen-bond donors (Lipinski definition) is 15. The molecule has 624 valence electrons. The maximum Gasteiger partial charge on any atom is 0.319 e. The Labute approximate surface area is 666 Å². The fraction of sp³-hybridized carbons (Fsp3) is 0.443. The minimum atomic E-state index is -4.19. The third-order valence-corrected chi connectivity index (χ3v) is 19.8. The van der Waals surface area contributed by atoms with Crippen LogP contribution < -0.4 is 63.6 Å². The van der Waals surface area contributed by atoms with E-state index in [0.29, 0.717) is 36.3 Å². The van der Waals surface area contributed by atoms with Crippen molar-refractivity contribution in [1.29, 1.82) is 0 Å². The molecule has 1 unspecified atom stereocenters. The van der Waals surface area contributed by atoms with Crippen LogP contribution in [-0.4, -0.2) is 207 Å². The number of amides is 12. The van der Waals surface area contributed by atoms with Gasteiger partial charge in [-0.3, -0.25) is 43.2 Å². The lowest BCUT2D eigenvalue weighted by Gasteiger charge is -2.41. The maximum absolute atomic E-state index is 15.4. The van der Waals surface area contributed by atoms with Gasteiger partial charge in [0, 0.05) is 92.0 Å². The number of hydrogen-bond acceptors (Lipinski definition) is 18. The van der Waals surface area contributed by atoms with E-state index in [2.05, 4.69) is 57.9 Å². The Kier molecular flexibility index (Phi) is 35.2. The third kappa shape index (κ3) is 28.7. The molecule has 1 fully saturated rings. The number of urea groups is 3. The molecule has 36 heteroatoms. The molecule has 0 spiro atoms. The summed E-state index contributed by atoms with van der Waals surface area (Å²) in [4.78, 5) is 134. The Morgan fingerprint density at radius 1 is 0.696 bits per heavy atom. The van der Waals surface area contributed by atoms with Crippen LogP contribution in [-0.2, 0) is 64.3 Å². The third-order valence-electron chi connectivity index (χ3n) is 18.4. The van der Waals surface area contributed by atoms with Gasteiger partial charge in [-0.05, 0) is 127 Å². The Morgan fingerprint density at radius 2 is 1.33 bits per heavy atom. The summed E-state index contributed by atoms with van der Waals surface area (Å²) < 4.78 is 77.7. The number of likely N-dealkylation sites (N-methyl/N-ethyl adjacent to an activating group) is 1. The number of nitrogens with zero attached hydrogens (tertiary/aromatic N) is 3. The highest BCUT2D eigenvalue weighted by Crippen LogP contribution is 2.42. The number of nitrogens with two attached hydrogens (primary N) is 1. The number of rotatable bonds is 44. The Balaban J connectivity index is 0.807. The number of carbonyl (C=O) groups is 10. The van der Waals surface area contributed by atoms with Crippen LogP contribution in [0.5, 0.6) is 0 Å². The summed E-state index contributed by atoms with van der Waals surface area (Å²) in [7, 11) is -2.83. The van der Waals surface area contributed by atoms with E-state index in [1.165, 1.54) is 89.6 Å². The number of carbonyl (C=O) groups excluding carboxylic acids is 9. The van der Waals surface area contributed by atoms with Crippen LogP contribution in [0.3, 0.4) is 0 Å². The first kappa shape index (κ1) is 91.0. The molecule has 115 heavy (non-hydrogen) atoms. The van der Waals surface area contributed by atoms with E-state index in [4.69, 9.17) is 19.9 Å². The van der Waals surface area contributed by atoms with Crippen LogP contribution in [0.4, 0.5) is 45.9 Å². The number of aliphatic hydroxyl groups excluding tert-OH is 2. The molecule has 0 saturated carbocycles. The number of carboxylic acids is 1. The number of sulfonamides is 1. The maximum atomic E-state index is 15.4. The standard InChI is InChI=1S/C79H105F2N15O18S/c1-8-30-84-76(107)88-56-18-13-20-58(43-56)115(110,111)93-57-19-12-17-51(40-57)62(45-69(101)102)91-78(109)87-55-25-23-54(24-26-55)86-77(108)85-31-35-113-37-39-114-38-36-112-34-29-67(99)89-63(44-66(82)98)75(106)95-32-14-21-64(95)73(104)92-70(49(2)3)74(105)90-61(72(103)83-7)28-33-96(68(100)48-97)71(79(4,5)6)65-41-52(59-42-53(80)22-27-60(59)81)47-94(65)46-50-15-10-9-11-16-50/h9-13,15-20,22-27,40-43,47,49,61-64,70-71,75,93,97,106H,8,14,21,28-39,44-46,48H2,1-7H3,(H2,82,98)(H,83,103)(H,89,99)(H,90,105)(H,92,104)(H,101,102)(H2,84,88,107)(H2,85,86,108)(H2,87,91,109)/t61-,62+,63-,64-,70-,71-,75?/m0/s1. The molecule has 5 aromatic carbocycles. The van der Waals surface area contributed by atoms with Gasteiger partial charge in [0.2, 0.25) is 35.4 Å². The topological polar surface area (TPSA) is 463 Å². The van der Waals surface area contributed by atoms with Crippen LogP contribution in [0.15, 0.2) is 138 Å². The second-order valence-corrected chi connectivity index (χ2v) is 30.4. The molecule has 6 aromatic rings. The molecule has 1 aliphatic rings. The molecule has 16 N–H and O–H groups in total. The zero-order valence-electron chi connectivity index (χ0n) is 65.3. The van der Waals surface area contributed by atoms with Gasteiger partial charge in [-0.1, -0.05) is 90.1 Å². The molecule has 1 saturated heterocycles. The highest BCUT2D eigenvalue weighted by atomic mass is 32.2. The van der Waals surface area contributed by atoms with Crippen molar-refractivity contribution >= 4 is 92.3 Å². The van der Waals surface area contributed by atoms with Crippen LogP contribution >= 0.6 is 0 Å². The molecule has 12 amide bonds. The van der Waals surface area contributed by atoms with Gasteiger partial charge >= 0.3 is 24.1 Å². The van der Waals surface area contributed by atoms with Crippen LogP contribution in [0.25, 0.3) is 11.1 Å². The molecule has 0 bridgehead atoms. The number of likely N-dealkylation sites (tertiary alicyclic amines) is 1. The van der Waals surface area contributed by atoms with Crippen molar-refractivity contribution in [3.63, 3.8) is 0 Å². The lowest BCUT2D eigenvalue weighted by atomic mass is 9.82. The number of carboxylic acid groups (broad SMARTS) is 1. The van der Waals surface area contributed by atoms with E-state index in [9.17, 15) is 76.1 Å². The summed E-state index contributed by atoms with van der Waals surface area (Å²) in [5, 5.41) is 58.4. The summed E-state index contributed by atoms with van der Waals surface area (Å²) in [6.07, 6.45) is -0.0840. The van der Waals surface area contributed by atoms with Gasteiger partial charge in [-0.15, -0.1) is 0 Å². The first-order chi connectivity index (χ1) is 54.8. The Morgan fingerprint density at radius 3 is 1.97 bits per heavy atom. The van der Waals surface area contributed by atoms with E-state index in [1.54, 1.807) is 26.1 Å². The zero-order chi connectivity index (χ0) is 83.9. The molecular formula is C79H105F2N15O18S. The number of anilines is 4. The van der Waals surface area contributed by atoms with Crippen molar-refractivity contribution in [3.05, 3.63) is 162 Å². The number of ether oxygens (including phenoxy) is 3. The smallest absolute Gasteiger partial charge is 0.319 e. The lowest BCUT2D eigenvalue weighted by molar-refractivity contribution is -0.141. The van der Waals surface area contributed by atoms with Gasteiger partial charge in [0.05, 0.1) is 81.5 Å². The summed E-state index contributed by atoms with van der Waals surface area (Å²) in [6, 6.07) is 22.9. The van der Waals surface area contributed by atoms with E-state index < -0.39 is 154 Å². The van der Waals surface area contributed by atoms with Gasteiger partial charge < -0.3 is 97.9 Å². The van der Waals surface area contributed by atoms with Crippen LogP contribution in [0, 0.1) is 23.0 Å². The molecule has 7 atom stereocenters. The Hall–Kier alpha value is -11.2. The first-order valence-corrected chi connectivity index (χ1v) is 39.1.